The Labute approximate surface area is 135 Å². The fourth-order valence-corrected chi connectivity index (χ4v) is 1.54. The second-order valence-corrected chi connectivity index (χ2v) is 3.50. The summed E-state index contributed by atoms with van der Waals surface area (Å²) in [5, 5.41) is 0. The van der Waals surface area contributed by atoms with E-state index >= 15 is 0 Å². The van der Waals surface area contributed by atoms with Crippen LogP contribution in [0, 0.1) is 0 Å². The molecule has 2 rings (SSSR count). The molecule has 0 atom stereocenters. The van der Waals surface area contributed by atoms with E-state index in [0.717, 1.165) is 30.7 Å². The Bertz CT molecular complexity index is 359. The Morgan fingerprint density at radius 1 is 0.722 bits per heavy atom. The van der Waals surface area contributed by atoms with Crippen LogP contribution < -0.4 is 24.8 Å². The topological polar surface area (TPSA) is 25.8 Å². The fraction of sp³-hybridized carbons (Fsp3) is 0.231. The molecule has 5 heteroatoms. The normalized spacial score (nSPS) is 8.44. The zero-order valence-corrected chi connectivity index (χ0v) is 13.5. The van der Waals surface area contributed by atoms with Crippen molar-refractivity contribution in [3.8, 4) is 0 Å². The monoisotopic (exact) mass is 463 g/mol. The van der Waals surface area contributed by atoms with E-state index in [9.17, 15) is 0 Å². The number of hydrogen-bond donors (Lipinski definition) is 0. The molecule has 0 saturated heterocycles. The van der Waals surface area contributed by atoms with Crippen molar-refractivity contribution < 1.29 is 45.9 Å². The molecule has 0 aromatic carbocycles. The van der Waals surface area contributed by atoms with E-state index in [1.807, 2.05) is 36.7 Å². The average molecular weight is 464 g/mol. The summed E-state index contributed by atoms with van der Waals surface area (Å²) in [5.41, 5.74) is 2.32. The van der Waals surface area contributed by atoms with Gasteiger partial charge in [0.2, 0.25) is 0 Å². The number of rotatable bonds is 4. The largest absolute Gasteiger partial charge is 2.00 e. The van der Waals surface area contributed by atoms with Gasteiger partial charge in [-0.25, -0.2) is 0 Å². The van der Waals surface area contributed by atoms with Crippen LogP contribution >= 0.6 is 0 Å². The number of halogens is 2. The Balaban J connectivity index is 0. The minimum absolute atomic E-state index is 0. The number of aromatic nitrogens is 2. The first kappa shape index (κ1) is 19.9. The molecule has 0 aliphatic heterocycles. The molecule has 0 bridgehead atoms. The van der Waals surface area contributed by atoms with Crippen LogP contribution in [0.4, 0.5) is 0 Å². The van der Waals surface area contributed by atoms with E-state index in [0.29, 0.717) is 0 Å². The molecule has 0 N–H and O–H groups in total. The van der Waals surface area contributed by atoms with Crippen molar-refractivity contribution >= 4 is 0 Å². The molecular weight excluding hydrogens is 450 g/mol. The molecule has 0 saturated carbocycles. The van der Waals surface area contributed by atoms with Crippen molar-refractivity contribution in [1.29, 1.82) is 0 Å². The minimum Gasteiger partial charge on any atom is -1.00 e. The van der Waals surface area contributed by atoms with Gasteiger partial charge in [-0.05, 0) is 43.5 Å². The molecule has 2 nitrogen and oxygen atoms in total. The second-order valence-electron chi connectivity index (χ2n) is 3.50. The predicted molar refractivity (Wildman–Crippen MR) is 60.5 cm³/mol. The van der Waals surface area contributed by atoms with Gasteiger partial charge >= 0.3 is 21.1 Å². The smallest absolute Gasteiger partial charge is 1.00 e. The summed E-state index contributed by atoms with van der Waals surface area (Å²) in [7, 11) is 0. The summed E-state index contributed by atoms with van der Waals surface area (Å²) in [5.74, 6) is 0. The molecule has 0 amide bonds. The third-order valence-electron chi connectivity index (χ3n) is 2.32. The Morgan fingerprint density at radius 2 is 1.17 bits per heavy atom. The average Bonchev–Trinajstić information content (AvgIpc) is 2.32. The third kappa shape index (κ3) is 7.10. The van der Waals surface area contributed by atoms with Gasteiger partial charge in [0.15, 0.2) is 0 Å². The molecule has 0 aliphatic carbocycles. The summed E-state index contributed by atoms with van der Waals surface area (Å²) in [6.45, 7) is 0. The summed E-state index contributed by atoms with van der Waals surface area (Å²) in [4.78, 5) is 8.58. The molecule has 0 unspecified atom stereocenters. The van der Waals surface area contributed by atoms with Gasteiger partial charge in [0.1, 0.15) is 0 Å². The second kappa shape index (κ2) is 11.6. The summed E-state index contributed by atoms with van der Waals surface area (Å²) >= 11 is 0. The summed E-state index contributed by atoms with van der Waals surface area (Å²) in [6.07, 6.45) is 6.84. The number of hydrogen-bond acceptors (Lipinski definition) is 2. The molecular formula is C13H14Cl2N2Pt. The zero-order chi connectivity index (χ0) is 10.3. The van der Waals surface area contributed by atoms with Gasteiger partial charge in [0.05, 0.1) is 0 Å². The van der Waals surface area contributed by atoms with E-state index in [4.69, 9.17) is 0 Å². The van der Waals surface area contributed by atoms with Crippen molar-refractivity contribution in [3.63, 3.8) is 0 Å². The van der Waals surface area contributed by atoms with E-state index in [-0.39, 0.29) is 45.9 Å². The maximum atomic E-state index is 4.29. The molecule has 0 fully saturated rings. The number of aryl methyl sites for hydroxylation is 2. The van der Waals surface area contributed by atoms with Crippen LogP contribution in [0.15, 0.2) is 48.8 Å². The molecule has 100 valence electrons. The van der Waals surface area contributed by atoms with Crippen LogP contribution in [0.5, 0.6) is 0 Å². The maximum absolute atomic E-state index is 4.29. The van der Waals surface area contributed by atoms with Gasteiger partial charge in [0.25, 0.3) is 0 Å². The third-order valence-corrected chi connectivity index (χ3v) is 2.32. The van der Waals surface area contributed by atoms with Crippen molar-refractivity contribution in [2.75, 3.05) is 0 Å². The fourth-order valence-electron chi connectivity index (χ4n) is 1.54. The van der Waals surface area contributed by atoms with Crippen LogP contribution in [0.3, 0.4) is 0 Å². The zero-order valence-electron chi connectivity index (χ0n) is 9.71. The van der Waals surface area contributed by atoms with E-state index in [2.05, 4.69) is 22.1 Å². The molecule has 0 aliphatic rings. The van der Waals surface area contributed by atoms with Crippen LogP contribution in [0.2, 0.25) is 0 Å². The number of pyridine rings is 2. The Kier molecular flexibility index (Phi) is 12.9. The quantitative estimate of drug-likeness (QED) is 0.473. The SMILES string of the molecule is [Cl-].[Cl-].[Pt+2].c1ccc(CCCc2ccccn2)nc1. The Morgan fingerprint density at radius 3 is 1.50 bits per heavy atom. The van der Waals surface area contributed by atoms with Crippen molar-refractivity contribution in [1.82, 2.24) is 9.97 Å². The van der Waals surface area contributed by atoms with Crippen LogP contribution in [0.1, 0.15) is 17.8 Å². The van der Waals surface area contributed by atoms with Crippen LogP contribution in [-0.2, 0) is 33.9 Å². The Hall–Kier alpha value is -0.432. The summed E-state index contributed by atoms with van der Waals surface area (Å²) < 4.78 is 0. The first-order valence-corrected chi connectivity index (χ1v) is 5.25. The van der Waals surface area contributed by atoms with E-state index in [1.54, 1.807) is 0 Å². The van der Waals surface area contributed by atoms with Gasteiger partial charge in [-0.2, -0.15) is 0 Å². The van der Waals surface area contributed by atoms with E-state index < -0.39 is 0 Å². The van der Waals surface area contributed by atoms with E-state index in [1.165, 1.54) is 0 Å². The minimum atomic E-state index is 0. The maximum Gasteiger partial charge on any atom is 2.00 e. The standard InChI is InChI=1S/C13H14N2.2ClH.Pt/c1-3-10-14-12(6-1)8-5-9-13-7-2-4-11-15-13;;;/h1-4,6-7,10-11H,5,8-9H2;2*1H;/q;;;+2/p-2. The van der Waals surface area contributed by atoms with Gasteiger partial charge < -0.3 is 24.8 Å². The molecule has 0 spiro atoms. The van der Waals surface area contributed by atoms with Gasteiger partial charge in [-0.1, -0.05) is 12.1 Å². The van der Waals surface area contributed by atoms with Crippen LogP contribution in [-0.4, -0.2) is 9.97 Å². The van der Waals surface area contributed by atoms with Crippen molar-refractivity contribution in [2.45, 2.75) is 19.3 Å². The molecule has 2 aromatic rings. The molecule has 2 heterocycles. The van der Waals surface area contributed by atoms with Gasteiger partial charge in [-0.3, -0.25) is 9.97 Å². The first-order valence-electron chi connectivity index (χ1n) is 5.25. The summed E-state index contributed by atoms with van der Waals surface area (Å²) in [6, 6.07) is 12.1. The van der Waals surface area contributed by atoms with Crippen molar-refractivity contribution in [3.05, 3.63) is 60.2 Å². The first-order chi connectivity index (χ1) is 7.45. The molecule has 2 aromatic heterocycles. The molecule has 0 radical (unpaired) electrons. The van der Waals surface area contributed by atoms with Gasteiger partial charge in [-0.15, -0.1) is 0 Å². The predicted octanol–water partition coefficient (Wildman–Crippen LogP) is -3.34. The number of nitrogens with zero attached hydrogens (tertiary/aromatic N) is 2. The van der Waals surface area contributed by atoms with Crippen molar-refractivity contribution in [2.24, 2.45) is 0 Å². The molecule has 18 heavy (non-hydrogen) atoms. The van der Waals surface area contributed by atoms with Gasteiger partial charge in [0, 0.05) is 23.8 Å². The van der Waals surface area contributed by atoms with Crippen LogP contribution in [0.25, 0.3) is 0 Å².